The molecule has 11 nitrogen and oxygen atoms in total. The number of nitrogens with zero attached hydrogens (tertiary/aromatic N) is 5. The van der Waals surface area contributed by atoms with Gasteiger partial charge in [0.1, 0.15) is 11.7 Å². The summed E-state index contributed by atoms with van der Waals surface area (Å²) in [6.07, 6.45) is 1.54. The second-order valence-electron chi connectivity index (χ2n) is 9.59. The van der Waals surface area contributed by atoms with E-state index in [9.17, 15) is 14.9 Å². The SMILES string of the molecule is Cl.Cl.Cn1c(CCc2ccc(C(=N)N)cc2)nc2cc(C(=O)NN3CCN(c4ccc([N+](=O)[O-])cc4)CC3)ccc21. The molecule has 3 aromatic carbocycles. The number of hydrogen-bond acceptors (Lipinski definition) is 7. The molecule has 1 aromatic heterocycles. The molecule has 13 heteroatoms. The van der Waals surface area contributed by atoms with E-state index in [1.54, 1.807) is 12.1 Å². The second-order valence-corrected chi connectivity index (χ2v) is 9.59. The number of nitro benzene ring substituents is 1. The maximum absolute atomic E-state index is 13.0. The van der Waals surface area contributed by atoms with Crippen LogP contribution in [0.4, 0.5) is 11.4 Å². The summed E-state index contributed by atoms with van der Waals surface area (Å²) in [6.45, 7) is 2.65. The lowest BCUT2D eigenvalue weighted by Crippen LogP contribution is -2.53. The predicted molar refractivity (Wildman–Crippen MR) is 164 cm³/mol. The minimum atomic E-state index is -0.405. The van der Waals surface area contributed by atoms with E-state index in [0.717, 1.165) is 41.0 Å². The molecule has 4 N–H and O–H groups in total. The van der Waals surface area contributed by atoms with Gasteiger partial charge in [-0.25, -0.2) is 9.99 Å². The minimum absolute atomic E-state index is 0. The van der Waals surface area contributed by atoms with Crippen molar-refractivity contribution in [3.63, 3.8) is 0 Å². The van der Waals surface area contributed by atoms with Gasteiger partial charge in [-0.1, -0.05) is 24.3 Å². The van der Waals surface area contributed by atoms with E-state index in [0.29, 0.717) is 37.3 Å². The van der Waals surface area contributed by atoms with Crippen molar-refractivity contribution < 1.29 is 9.72 Å². The molecule has 1 aliphatic rings. The Kier molecular flexibility index (Phi) is 10.3. The van der Waals surface area contributed by atoms with Gasteiger partial charge in [-0.15, -0.1) is 24.8 Å². The standard InChI is InChI=1S/C28H30N8O3.2ClH/c1-33-25-12-7-21(18-24(25)31-26(33)13-4-19-2-5-20(6-3-19)27(29)30)28(37)32-35-16-14-34(15-17-35)22-8-10-23(11-9-22)36(38)39;;/h2-3,5-12,18H,4,13-17H2,1H3,(H3,29,30)(H,32,37);2*1H. The molecule has 0 bridgehead atoms. The number of nitrogens with two attached hydrogens (primary N) is 1. The zero-order valence-electron chi connectivity index (χ0n) is 22.4. The predicted octanol–water partition coefficient (Wildman–Crippen LogP) is 3.86. The van der Waals surface area contributed by atoms with Crippen molar-refractivity contribution in [3.05, 3.63) is 99.4 Å². The van der Waals surface area contributed by atoms with Crippen LogP contribution in [0.3, 0.4) is 0 Å². The molecule has 0 saturated carbocycles. The van der Waals surface area contributed by atoms with Crippen LogP contribution in [0.5, 0.6) is 0 Å². The van der Waals surface area contributed by atoms with Crippen molar-refractivity contribution in [2.24, 2.45) is 12.8 Å². The van der Waals surface area contributed by atoms with Crippen LogP contribution >= 0.6 is 24.8 Å². The first-order valence-corrected chi connectivity index (χ1v) is 12.7. The number of nitrogens with one attached hydrogen (secondary N) is 2. The molecule has 2 heterocycles. The summed E-state index contributed by atoms with van der Waals surface area (Å²) < 4.78 is 2.05. The van der Waals surface area contributed by atoms with Crippen LogP contribution in [-0.4, -0.2) is 57.4 Å². The van der Waals surface area contributed by atoms with E-state index in [-0.39, 0.29) is 42.2 Å². The maximum atomic E-state index is 13.0. The Bertz CT molecular complexity index is 1530. The minimum Gasteiger partial charge on any atom is -0.384 e. The fourth-order valence-corrected chi connectivity index (χ4v) is 4.79. The number of aromatic nitrogens is 2. The Hall–Kier alpha value is -4.19. The highest BCUT2D eigenvalue weighted by atomic mass is 35.5. The summed E-state index contributed by atoms with van der Waals surface area (Å²) in [7, 11) is 1.98. The summed E-state index contributed by atoms with van der Waals surface area (Å²) >= 11 is 0. The summed E-state index contributed by atoms with van der Waals surface area (Å²) in [6, 6.07) is 19.8. The third kappa shape index (κ3) is 7.12. The highest BCUT2D eigenvalue weighted by molar-refractivity contribution is 5.97. The number of imidazole rings is 1. The number of aryl methyl sites for hydroxylation is 3. The van der Waals surface area contributed by atoms with Gasteiger partial charge in [0.05, 0.1) is 16.0 Å². The lowest BCUT2D eigenvalue weighted by Gasteiger charge is -2.36. The molecule has 4 aromatic rings. The fraction of sp³-hybridized carbons (Fsp3) is 0.250. The molecule has 1 fully saturated rings. The molecular weight excluding hydrogens is 567 g/mol. The summed E-state index contributed by atoms with van der Waals surface area (Å²) in [5.74, 6) is 0.806. The van der Waals surface area contributed by atoms with Gasteiger partial charge in [0.25, 0.3) is 11.6 Å². The number of halogens is 2. The quantitative estimate of drug-likeness (QED) is 0.121. The van der Waals surface area contributed by atoms with Gasteiger partial charge in [-0.2, -0.15) is 0 Å². The van der Waals surface area contributed by atoms with Crippen LogP contribution in [0.15, 0.2) is 66.7 Å². The smallest absolute Gasteiger partial charge is 0.269 e. The number of fused-ring (bicyclic) bond motifs is 1. The summed E-state index contributed by atoms with van der Waals surface area (Å²) in [4.78, 5) is 30.4. The number of nitrogen functional groups attached to an aromatic ring is 1. The number of piperazine rings is 1. The number of carbonyl (C=O) groups excluding carboxylic acids is 1. The number of amides is 1. The average Bonchev–Trinajstić information content (AvgIpc) is 3.27. The molecule has 0 unspecified atom stereocenters. The summed E-state index contributed by atoms with van der Waals surface area (Å²) in [5, 5.41) is 20.3. The van der Waals surface area contributed by atoms with Gasteiger partial charge < -0.3 is 15.2 Å². The number of nitro groups is 1. The second kappa shape index (κ2) is 13.4. The first kappa shape index (κ1) is 31.3. The molecular formula is C28H32Cl2N8O3. The molecule has 0 spiro atoms. The number of non-ortho nitro benzene ring substituents is 1. The van der Waals surface area contributed by atoms with E-state index in [1.807, 2.05) is 54.5 Å². The normalized spacial score (nSPS) is 13.2. The molecule has 216 valence electrons. The van der Waals surface area contributed by atoms with Gasteiger partial charge in [-0.3, -0.25) is 25.7 Å². The number of hydrazine groups is 1. The van der Waals surface area contributed by atoms with Crippen molar-refractivity contribution in [3.8, 4) is 0 Å². The van der Waals surface area contributed by atoms with E-state index in [4.69, 9.17) is 16.1 Å². The number of rotatable bonds is 8. The zero-order chi connectivity index (χ0) is 27.5. The van der Waals surface area contributed by atoms with Crippen LogP contribution in [0.1, 0.15) is 27.3 Å². The highest BCUT2D eigenvalue weighted by Gasteiger charge is 2.20. The molecule has 0 aliphatic carbocycles. The Morgan fingerprint density at radius 1 is 0.976 bits per heavy atom. The number of benzene rings is 3. The van der Waals surface area contributed by atoms with E-state index < -0.39 is 4.92 Å². The monoisotopic (exact) mass is 598 g/mol. The van der Waals surface area contributed by atoms with Crippen molar-refractivity contribution in [2.75, 3.05) is 31.1 Å². The largest absolute Gasteiger partial charge is 0.384 e. The van der Waals surface area contributed by atoms with Gasteiger partial charge in [-0.05, 0) is 42.3 Å². The Labute approximate surface area is 249 Å². The number of hydrogen-bond donors (Lipinski definition) is 3. The number of carbonyl (C=O) groups is 1. The molecule has 0 atom stereocenters. The third-order valence-corrected chi connectivity index (χ3v) is 7.10. The molecule has 5 rings (SSSR count). The lowest BCUT2D eigenvalue weighted by molar-refractivity contribution is -0.384. The first-order chi connectivity index (χ1) is 18.8. The molecule has 1 aliphatic heterocycles. The van der Waals surface area contributed by atoms with Crippen LogP contribution in [-0.2, 0) is 19.9 Å². The van der Waals surface area contributed by atoms with Gasteiger partial charge in [0.15, 0.2) is 0 Å². The highest BCUT2D eigenvalue weighted by Crippen LogP contribution is 2.21. The maximum Gasteiger partial charge on any atom is 0.269 e. The van der Waals surface area contributed by atoms with Gasteiger partial charge in [0.2, 0.25) is 0 Å². The topological polar surface area (TPSA) is 146 Å². The Morgan fingerprint density at radius 2 is 1.61 bits per heavy atom. The van der Waals surface area contributed by atoms with E-state index >= 15 is 0 Å². The molecule has 0 radical (unpaired) electrons. The molecule has 1 saturated heterocycles. The third-order valence-electron chi connectivity index (χ3n) is 7.10. The number of amidine groups is 1. The van der Waals surface area contributed by atoms with Gasteiger partial charge >= 0.3 is 0 Å². The first-order valence-electron chi connectivity index (χ1n) is 12.7. The lowest BCUT2D eigenvalue weighted by atomic mass is 10.1. The van der Waals surface area contributed by atoms with Crippen LogP contribution in [0.25, 0.3) is 11.0 Å². The van der Waals surface area contributed by atoms with E-state index in [2.05, 4.69) is 14.9 Å². The van der Waals surface area contributed by atoms with Crippen molar-refractivity contribution >= 4 is 59.0 Å². The fourth-order valence-electron chi connectivity index (χ4n) is 4.79. The van der Waals surface area contributed by atoms with Crippen LogP contribution in [0.2, 0.25) is 0 Å². The van der Waals surface area contributed by atoms with Crippen LogP contribution in [0, 0.1) is 15.5 Å². The van der Waals surface area contributed by atoms with Crippen molar-refractivity contribution in [1.29, 1.82) is 5.41 Å². The molecule has 1 amide bonds. The zero-order valence-corrected chi connectivity index (χ0v) is 24.1. The summed E-state index contributed by atoms with van der Waals surface area (Å²) in [5.41, 5.74) is 13.7. The Balaban J connectivity index is 0.00000231. The Morgan fingerprint density at radius 3 is 2.22 bits per heavy atom. The average molecular weight is 600 g/mol. The number of anilines is 1. The van der Waals surface area contributed by atoms with E-state index in [1.165, 1.54) is 12.1 Å². The molecule has 41 heavy (non-hydrogen) atoms. The van der Waals surface area contributed by atoms with Crippen molar-refractivity contribution in [2.45, 2.75) is 12.8 Å². The van der Waals surface area contributed by atoms with Crippen LogP contribution < -0.4 is 16.1 Å². The van der Waals surface area contributed by atoms with Crippen molar-refractivity contribution in [1.82, 2.24) is 20.0 Å². The van der Waals surface area contributed by atoms with Gasteiger partial charge in [0, 0.05) is 68.6 Å².